The Bertz CT molecular complexity index is 591. The van der Waals surface area contributed by atoms with Crippen LogP contribution in [0.1, 0.15) is 54.0 Å². The molecule has 2 rings (SSSR count). The minimum Gasteiger partial charge on any atom is -0.476 e. The molecule has 20 heavy (non-hydrogen) atoms. The smallest absolute Gasteiger partial charge is 0.355 e. The molecule has 0 bridgehead atoms. The van der Waals surface area contributed by atoms with Crippen molar-refractivity contribution in [2.24, 2.45) is 0 Å². The highest BCUT2D eigenvalue weighted by Gasteiger charge is 2.14. The number of carboxylic acids is 1. The Balaban J connectivity index is 1.99. The summed E-state index contributed by atoms with van der Waals surface area (Å²) in [5.74, 6) is -0.988. The van der Waals surface area contributed by atoms with E-state index in [-0.39, 0.29) is 11.7 Å². The molecule has 1 unspecified atom stereocenters. The van der Waals surface area contributed by atoms with Gasteiger partial charge in [0.25, 0.3) is 0 Å². The Hall–Kier alpha value is -1.73. The summed E-state index contributed by atoms with van der Waals surface area (Å²) in [7, 11) is 0. The Morgan fingerprint density at radius 1 is 1.50 bits per heavy atom. The summed E-state index contributed by atoms with van der Waals surface area (Å²) >= 11 is 1.36. The molecule has 0 amide bonds. The molecule has 0 aromatic carbocycles. The van der Waals surface area contributed by atoms with E-state index in [0.29, 0.717) is 12.6 Å². The zero-order valence-corrected chi connectivity index (χ0v) is 12.5. The van der Waals surface area contributed by atoms with Gasteiger partial charge in [-0.15, -0.1) is 11.3 Å². The van der Waals surface area contributed by atoms with E-state index < -0.39 is 5.97 Å². The molecule has 0 radical (unpaired) electrons. The first-order valence-corrected chi connectivity index (χ1v) is 7.29. The molecule has 7 heteroatoms. The van der Waals surface area contributed by atoms with Crippen molar-refractivity contribution >= 4 is 17.3 Å². The number of carboxylic acid groups (broad SMARTS) is 1. The van der Waals surface area contributed by atoms with Gasteiger partial charge in [0.15, 0.2) is 5.69 Å². The lowest BCUT2D eigenvalue weighted by atomic mass is 10.3. The van der Waals surface area contributed by atoms with Crippen LogP contribution in [0.5, 0.6) is 0 Å². The zero-order valence-electron chi connectivity index (χ0n) is 11.7. The minimum absolute atomic E-state index is 0.00334. The SMILES string of the molecule is CC(NCc1cncn1C(C)C)c1nc(C(=O)O)cs1. The van der Waals surface area contributed by atoms with Gasteiger partial charge in [0, 0.05) is 24.2 Å². The summed E-state index contributed by atoms with van der Waals surface area (Å²) in [5.41, 5.74) is 1.20. The average molecular weight is 294 g/mol. The molecule has 0 aliphatic rings. The molecule has 2 N–H and O–H groups in total. The van der Waals surface area contributed by atoms with Gasteiger partial charge >= 0.3 is 5.97 Å². The van der Waals surface area contributed by atoms with Crippen LogP contribution < -0.4 is 5.32 Å². The fourth-order valence-electron chi connectivity index (χ4n) is 1.86. The monoisotopic (exact) mass is 294 g/mol. The van der Waals surface area contributed by atoms with E-state index >= 15 is 0 Å². The van der Waals surface area contributed by atoms with Crippen molar-refractivity contribution in [1.29, 1.82) is 0 Å². The highest BCUT2D eigenvalue weighted by molar-refractivity contribution is 7.09. The van der Waals surface area contributed by atoms with Crippen molar-refractivity contribution in [2.75, 3.05) is 0 Å². The van der Waals surface area contributed by atoms with Crippen LogP contribution >= 0.6 is 11.3 Å². The zero-order chi connectivity index (χ0) is 14.7. The molecular weight excluding hydrogens is 276 g/mol. The summed E-state index contributed by atoms with van der Waals surface area (Å²) in [6.45, 7) is 6.85. The maximum atomic E-state index is 10.8. The summed E-state index contributed by atoms with van der Waals surface area (Å²) < 4.78 is 2.10. The quantitative estimate of drug-likeness (QED) is 0.855. The van der Waals surface area contributed by atoms with Gasteiger partial charge in [-0.05, 0) is 20.8 Å². The lowest BCUT2D eigenvalue weighted by Crippen LogP contribution is -2.20. The molecular formula is C13H18N4O2S. The molecule has 2 aromatic rings. The molecule has 108 valence electrons. The maximum Gasteiger partial charge on any atom is 0.355 e. The standard InChI is InChI=1S/C13H18N4O2S/c1-8(2)17-7-14-4-10(17)5-15-9(3)12-16-11(6-20-12)13(18)19/h4,6-9,15H,5H2,1-3H3,(H,18,19). The summed E-state index contributed by atoms with van der Waals surface area (Å²) in [6, 6.07) is 0.367. The lowest BCUT2D eigenvalue weighted by Gasteiger charge is -2.14. The van der Waals surface area contributed by atoms with Crippen molar-refractivity contribution in [2.45, 2.75) is 39.4 Å². The molecule has 1 atom stereocenters. The normalized spacial score (nSPS) is 12.8. The molecule has 0 aliphatic carbocycles. The van der Waals surface area contributed by atoms with E-state index in [1.165, 1.54) is 11.3 Å². The number of hydrogen-bond acceptors (Lipinski definition) is 5. The van der Waals surface area contributed by atoms with Gasteiger partial charge in [-0.25, -0.2) is 14.8 Å². The number of carbonyl (C=O) groups is 1. The van der Waals surface area contributed by atoms with Gasteiger partial charge in [-0.1, -0.05) is 0 Å². The highest BCUT2D eigenvalue weighted by Crippen LogP contribution is 2.19. The van der Waals surface area contributed by atoms with Crippen molar-refractivity contribution < 1.29 is 9.90 Å². The second kappa shape index (κ2) is 6.15. The lowest BCUT2D eigenvalue weighted by molar-refractivity contribution is 0.0691. The van der Waals surface area contributed by atoms with Gasteiger partial charge in [-0.2, -0.15) is 0 Å². The van der Waals surface area contributed by atoms with E-state index in [1.807, 2.05) is 19.4 Å². The first kappa shape index (κ1) is 14.7. The summed E-state index contributed by atoms with van der Waals surface area (Å²) in [5, 5.41) is 14.6. The van der Waals surface area contributed by atoms with Crippen LogP contribution in [-0.4, -0.2) is 25.6 Å². The third-order valence-electron chi connectivity index (χ3n) is 3.00. The first-order valence-electron chi connectivity index (χ1n) is 6.42. The van der Waals surface area contributed by atoms with E-state index in [4.69, 9.17) is 5.11 Å². The summed E-state index contributed by atoms with van der Waals surface area (Å²) in [6.07, 6.45) is 3.66. The second-order valence-corrected chi connectivity index (χ2v) is 5.75. The van der Waals surface area contributed by atoms with E-state index in [1.54, 1.807) is 5.38 Å². The largest absolute Gasteiger partial charge is 0.476 e. The van der Waals surface area contributed by atoms with Gasteiger partial charge in [0.05, 0.1) is 18.1 Å². The van der Waals surface area contributed by atoms with Crippen LogP contribution in [0, 0.1) is 0 Å². The van der Waals surface area contributed by atoms with Crippen LogP contribution in [0.2, 0.25) is 0 Å². The van der Waals surface area contributed by atoms with Gasteiger partial charge < -0.3 is 15.0 Å². The molecule has 0 aliphatic heterocycles. The number of imidazole rings is 1. The van der Waals surface area contributed by atoms with Gasteiger partial charge in [0.1, 0.15) is 5.01 Å². The number of aromatic nitrogens is 3. The highest BCUT2D eigenvalue weighted by atomic mass is 32.1. The van der Waals surface area contributed by atoms with Crippen molar-refractivity contribution in [3.05, 3.63) is 34.3 Å². The average Bonchev–Trinajstić information content (AvgIpc) is 3.04. The number of thiazole rings is 1. The van der Waals surface area contributed by atoms with Crippen molar-refractivity contribution in [3.63, 3.8) is 0 Å². The Morgan fingerprint density at radius 2 is 2.25 bits per heavy atom. The topological polar surface area (TPSA) is 80.0 Å². The predicted molar refractivity (Wildman–Crippen MR) is 76.9 cm³/mol. The number of aromatic carboxylic acids is 1. The van der Waals surface area contributed by atoms with Gasteiger partial charge in [-0.3, -0.25) is 0 Å². The fraction of sp³-hybridized carbons (Fsp3) is 0.462. The van der Waals surface area contributed by atoms with Crippen molar-refractivity contribution in [1.82, 2.24) is 19.9 Å². The van der Waals surface area contributed by atoms with Crippen LogP contribution in [0.15, 0.2) is 17.9 Å². The molecule has 0 saturated carbocycles. The summed E-state index contributed by atoms with van der Waals surface area (Å²) in [4.78, 5) is 19.1. The second-order valence-electron chi connectivity index (χ2n) is 4.86. The third-order valence-corrected chi connectivity index (χ3v) is 4.03. The molecule has 2 aromatic heterocycles. The number of hydrogen-bond donors (Lipinski definition) is 2. The first-order chi connectivity index (χ1) is 9.49. The number of rotatable bonds is 6. The Morgan fingerprint density at radius 3 is 2.85 bits per heavy atom. The Labute approximate surface area is 121 Å². The maximum absolute atomic E-state index is 10.8. The number of nitrogens with zero attached hydrogens (tertiary/aromatic N) is 3. The fourth-order valence-corrected chi connectivity index (χ4v) is 2.69. The molecule has 0 spiro atoms. The van der Waals surface area contributed by atoms with E-state index in [9.17, 15) is 4.79 Å². The molecule has 6 nitrogen and oxygen atoms in total. The Kier molecular flexibility index (Phi) is 4.51. The van der Waals surface area contributed by atoms with Crippen LogP contribution in [-0.2, 0) is 6.54 Å². The molecule has 0 saturated heterocycles. The van der Waals surface area contributed by atoms with E-state index in [2.05, 4.69) is 33.7 Å². The van der Waals surface area contributed by atoms with Gasteiger partial charge in [0.2, 0.25) is 0 Å². The minimum atomic E-state index is -0.988. The third kappa shape index (κ3) is 3.23. The predicted octanol–water partition coefficient (Wildman–Crippen LogP) is 2.47. The van der Waals surface area contributed by atoms with Crippen LogP contribution in [0.4, 0.5) is 0 Å². The molecule has 2 heterocycles. The van der Waals surface area contributed by atoms with Crippen LogP contribution in [0.3, 0.4) is 0 Å². The molecule has 0 fully saturated rings. The van der Waals surface area contributed by atoms with Crippen LogP contribution in [0.25, 0.3) is 0 Å². The number of nitrogens with one attached hydrogen (secondary N) is 1. The van der Waals surface area contributed by atoms with E-state index in [0.717, 1.165) is 10.7 Å². The van der Waals surface area contributed by atoms with Crippen molar-refractivity contribution in [3.8, 4) is 0 Å².